The summed E-state index contributed by atoms with van der Waals surface area (Å²) in [5.74, 6) is -0.197. The summed E-state index contributed by atoms with van der Waals surface area (Å²) in [5, 5.41) is 20.8. The normalized spacial score (nSPS) is 11.6. The van der Waals surface area contributed by atoms with Crippen LogP contribution in [0.3, 0.4) is 0 Å². The van der Waals surface area contributed by atoms with Gasteiger partial charge in [0.05, 0.1) is 16.7 Å². The lowest BCUT2D eigenvalue weighted by atomic mass is 10.2. The largest absolute Gasteiger partial charge is 0.393 e. The standard InChI is InChI=1S/C12H13ClN2O2/c1-8(16)2-5-12(17)15-10-3-4-11(13)9(6-10)7-14/h3-4,6,8,16H,2,5H2,1H3,(H,15,17). The molecular formula is C12H13ClN2O2. The molecule has 4 nitrogen and oxygen atoms in total. The maximum absolute atomic E-state index is 11.5. The molecule has 17 heavy (non-hydrogen) atoms. The average Bonchev–Trinajstić information content (AvgIpc) is 2.29. The maximum Gasteiger partial charge on any atom is 0.224 e. The maximum atomic E-state index is 11.5. The Morgan fingerprint density at radius 3 is 2.94 bits per heavy atom. The molecule has 0 heterocycles. The van der Waals surface area contributed by atoms with Crippen molar-refractivity contribution in [2.45, 2.75) is 25.9 Å². The lowest BCUT2D eigenvalue weighted by molar-refractivity contribution is -0.116. The predicted octanol–water partition coefficient (Wildman–Crippen LogP) is 2.31. The Morgan fingerprint density at radius 2 is 2.35 bits per heavy atom. The molecule has 0 spiro atoms. The number of anilines is 1. The third-order valence-corrected chi connectivity index (χ3v) is 2.49. The Morgan fingerprint density at radius 1 is 1.65 bits per heavy atom. The summed E-state index contributed by atoms with van der Waals surface area (Å²) >= 11 is 5.77. The molecule has 0 aliphatic carbocycles. The highest BCUT2D eigenvalue weighted by Crippen LogP contribution is 2.19. The van der Waals surface area contributed by atoms with Gasteiger partial charge in [-0.25, -0.2) is 0 Å². The van der Waals surface area contributed by atoms with E-state index in [0.29, 0.717) is 22.7 Å². The Kier molecular flexibility index (Phi) is 4.95. The second kappa shape index (κ2) is 6.24. The van der Waals surface area contributed by atoms with Crippen LogP contribution < -0.4 is 5.32 Å². The minimum absolute atomic E-state index is 0.197. The molecule has 2 N–H and O–H groups in total. The van der Waals surface area contributed by atoms with Gasteiger partial charge in [0.1, 0.15) is 6.07 Å². The van der Waals surface area contributed by atoms with Gasteiger partial charge in [0.15, 0.2) is 0 Å². The van der Waals surface area contributed by atoms with E-state index in [-0.39, 0.29) is 12.3 Å². The first-order valence-corrected chi connectivity index (χ1v) is 5.58. The van der Waals surface area contributed by atoms with Gasteiger partial charge in [-0.3, -0.25) is 4.79 Å². The molecule has 0 fully saturated rings. The number of nitrogens with one attached hydrogen (secondary N) is 1. The van der Waals surface area contributed by atoms with Crippen molar-refractivity contribution in [3.05, 3.63) is 28.8 Å². The predicted molar refractivity (Wildman–Crippen MR) is 65.7 cm³/mol. The first kappa shape index (κ1) is 13.5. The van der Waals surface area contributed by atoms with Crippen LogP contribution in [0.25, 0.3) is 0 Å². The van der Waals surface area contributed by atoms with Crippen LogP contribution in [0.15, 0.2) is 18.2 Å². The van der Waals surface area contributed by atoms with Crippen molar-refractivity contribution >= 4 is 23.2 Å². The van der Waals surface area contributed by atoms with Crippen LogP contribution in [0.4, 0.5) is 5.69 Å². The molecule has 1 atom stereocenters. The molecule has 1 amide bonds. The van der Waals surface area contributed by atoms with Crippen molar-refractivity contribution in [2.75, 3.05) is 5.32 Å². The van der Waals surface area contributed by atoms with Crippen LogP contribution in [0.5, 0.6) is 0 Å². The van der Waals surface area contributed by atoms with Gasteiger partial charge in [-0.15, -0.1) is 0 Å². The Bertz CT molecular complexity index is 452. The summed E-state index contributed by atoms with van der Waals surface area (Å²) in [7, 11) is 0. The molecule has 0 radical (unpaired) electrons. The second-order valence-electron chi connectivity index (χ2n) is 3.74. The lowest BCUT2D eigenvalue weighted by Gasteiger charge is -2.07. The summed E-state index contributed by atoms with van der Waals surface area (Å²) in [6.07, 6.45) is 0.146. The van der Waals surface area contributed by atoms with Crippen LogP contribution >= 0.6 is 11.6 Å². The van der Waals surface area contributed by atoms with E-state index in [0.717, 1.165) is 0 Å². The van der Waals surface area contributed by atoms with Crippen LogP contribution in [0.2, 0.25) is 5.02 Å². The van der Waals surface area contributed by atoms with Crippen molar-refractivity contribution in [1.82, 2.24) is 0 Å². The van der Waals surface area contributed by atoms with Gasteiger partial charge in [0.25, 0.3) is 0 Å². The molecule has 1 unspecified atom stereocenters. The van der Waals surface area contributed by atoms with Gasteiger partial charge < -0.3 is 10.4 Å². The molecule has 0 bridgehead atoms. The molecule has 5 heteroatoms. The fourth-order valence-electron chi connectivity index (χ4n) is 1.25. The zero-order valence-electron chi connectivity index (χ0n) is 9.40. The van der Waals surface area contributed by atoms with Crippen molar-refractivity contribution in [3.8, 4) is 6.07 Å². The summed E-state index contributed by atoms with van der Waals surface area (Å²) in [4.78, 5) is 11.5. The fourth-order valence-corrected chi connectivity index (χ4v) is 1.41. The molecule has 90 valence electrons. The van der Waals surface area contributed by atoms with Crippen LogP contribution in [-0.2, 0) is 4.79 Å². The molecule has 1 rings (SSSR count). The number of amides is 1. The Hall–Kier alpha value is -1.57. The quantitative estimate of drug-likeness (QED) is 0.864. The number of rotatable bonds is 4. The molecule has 1 aromatic carbocycles. The summed E-state index contributed by atoms with van der Waals surface area (Å²) in [6, 6.07) is 6.64. The zero-order valence-corrected chi connectivity index (χ0v) is 10.2. The number of carbonyl (C=O) groups excluding carboxylic acids is 1. The van der Waals surface area contributed by atoms with Gasteiger partial charge in [0.2, 0.25) is 5.91 Å². The highest BCUT2D eigenvalue weighted by molar-refractivity contribution is 6.31. The van der Waals surface area contributed by atoms with Crippen molar-refractivity contribution in [2.24, 2.45) is 0 Å². The number of halogens is 1. The topological polar surface area (TPSA) is 73.1 Å². The monoisotopic (exact) mass is 252 g/mol. The number of benzene rings is 1. The Labute approximate surface area is 105 Å². The molecule has 0 saturated carbocycles. The van der Waals surface area contributed by atoms with Gasteiger partial charge in [-0.05, 0) is 31.5 Å². The fraction of sp³-hybridized carbons (Fsp3) is 0.333. The number of nitrogens with zero attached hydrogens (tertiary/aromatic N) is 1. The van der Waals surface area contributed by atoms with Gasteiger partial charge in [-0.2, -0.15) is 5.26 Å². The van der Waals surface area contributed by atoms with E-state index < -0.39 is 6.10 Å². The second-order valence-corrected chi connectivity index (χ2v) is 4.15. The van der Waals surface area contributed by atoms with E-state index in [9.17, 15) is 4.79 Å². The van der Waals surface area contributed by atoms with Gasteiger partial charge in [0, 0.05) is 12.1 Å². The van der Waals surface area contributed by atoms with E-state index in [2.05, 4.69) is 5.32 Å². The highest BCUT2D eigenvalue weighted by Gasteiger charge is 2.06. The van der Waals surface area contributed by atoms with E-state index in [1.807, 2.05) is 6.07 Å². The molecule has 0 saturated heterocycles. The third kappa shape index (κ3) is 4.43. The van der Waals surface area contributed by atoms with E-state index >= 15 is 0 Å². The smallest absolute Gasteiger partial charge is 0.224 e. The number of carbonyl (C=O) groups is 1. The minimum atomic E-state index is -0.499. The SMILES string of the molecule is CC(O)CCC(=O)Nc1ccc(Cl)c(C#N)c1. The molecule has 1 aromatic rings. The number of hydrogen-bond acceptors (Lipinski definition) is 3. The van der Waals surface area contributed by atoms with Crippen LogP contribution in [0.1, 0.15) is 25.3 Å². The van der Waals surface area contributed by atoms with Crippen molar-refractivity contribution < 1.29 is 9.90 Å². The lowest BCUT2D eigenvalue weighted by Crippen LogP contribution is -2.14. The zero-order chi connectivity index (χ0) is 12.8. The van der Waals surface area contributed by atoms with Crippen LogP contribution in [-0.4, -0.2) is 17.1 Å². The van der Waals surface area contributed by atoms with E-state index in [4.69, 9.17) is 22.0 Å². The first-order chi connectivity index (χ1) is 8.02. The van der Waals surface area contributed by atoms with Crippen LogP contribution in [0, 0.1) is 11.3 Å². The molecular weight excluding hydrogens is 240 g/mol. The summed E-state index contributed by atoms with van der Waals surface area (Å²) < 4.78 is 0. The van der Waals surface area contributed by atoms with E-state index in [1.54, 1.807) is 19.1 Å². The first-order valence-electron chi connectivity index (χ1n) is 5.20. The van der Waals surface area contributed by atoms with Gasteiger partial charge >= 0.3 is 0 Å². The number of hydrogen-bond donors (Lipinski definition) is 2. The average molecular weight is 253 g/mol. The summed E-state index contributed by atoms with van der Waals surface area (Å²) in [5.41, 5.74) is 0.849. The highest BCUT2D eigenvalue weighted by atomic mass is 35.5. The van der Waals surface area contributed by atoms with Crippen molar-refractivity contribution in [1.29, 1.82) is 5.26 Å². The minimum Gasteiger partial charge on any atom is -0.393 e. The molecule has 0 aliphatic rings. The number of aliphatic hydroxyl groups excluding tert-OH is 1. The molecule has 0 aromatic heterocycles. The molecule has 0 aliphatic heterocycles. The Balaban J connectivity index is 2.63. The summed E-state index contributed by atoms with van der Waals surface area (Å²) in [6.45, 7) is 1.63. The van der Waals surface area contributed by atoms with Crippen molar-refractivity contribution in [3.63, 3.8) is 0 Å². The van der Waals surface area contributed by atoms with Gasteiger partial charge in [-0.1, -0.05) is 11.6 Å². The number of aliphatic hydroxyl groups is 1. The van der Waals surface area contributed by atoms with E-state index in [1.165, 1.54) is 6.07 Å². The third-order valence-electron chi connectivity index (χ3n) is 2.16. The number of nitriles is 1.